The van der Waals surface area contributed by atoms with Crippen molar-refractivity contribution in [2.45, 2.75) is 59.2 Å². The molecule has 0 spiro atoms. The standard InChI is InChI=1S/C20H30N2O3/c1-5-24-18-9-16-8-14(3)25-20(16)17(10-18)11-21-19-6-7-22(15(4)23)12-13(19)2/h9-10,13-14,19,21H,5-8,11-12H2,1-4H3/t13-,14-,19+/m0/s1. The lowest BCUT2D eigenvalue weighted by atomic mass is 9.93. The van der Waals surface area contributed by atoms with Crippen molar-refractivity contribution in [2.75, 3.05) is 19.7 Å². The largest absolute Gasteiger partial charge is 0.494 e. The summed E-state index contributed by atoms with van der Waals surface area (Å²) in [6, 6.07) is 4.63. The van der Waals surface area contributed by atoms with Crippen LogP contribution in [0.3, 0.4) is 0 Å². The molecule has 1 fully saturated rings. The molecule has 138 valence electrons. The van der Waals surface area contributed by atoms with Crippen LogP contribution in [0.2, 0.25) is 0 Å². The molecule has 5 nitrogen and oxygen atoms in total. The highest BCUT2D eigenvalue weighted by molar-refractivity contribution is 5.73. The van der Waals surface area contributed by atoms with Gasteiger partial charge in [-0.15, -0.1) is 0 Å². The van der Waals surface area contributed by atoms with Gasteiger partial charge in [-0.25, -0.2) is 0 Å². The molecule has 2 aliphatic heterocycles. The fraction of sp³-hybridized carbons (Fsp3) is 0.650. The van der Waals surface area contributed by atoms with E-state index in [4.69, 9.17) is 9.47 Å². The number of hydrogen-bond acceptors (Lipinski definition) is 4. The van der Waals surface area contributed by atoms with Crippen LogP contribution in [-0.4, -0.2) is 42.6 Å². The van der Waals surface area contributed by atoms with E-state index in [1.54, 1.807) is 6.92 Å². The van der Waals surface area contributed by atoms with Crippen molar-refractivity contribution in [3.63, 3.8) is 0 Å². The topological polar surface area (TPSA) is 50.8 Å². The maximum Gasteiger partial charge on any atom is 0.219 e. The highest BCUT2D eigenvalue weighted by Gasteiger charge is 2.28. The normalized spacial score (nSPS) is 25.4. The smallest absolute Gasteiger partial charge is 0.219 e. The Kier molecular flexibility index (Phi) is 5.52. The van der Waals surface area contributed by atoms with Gasteiger partial charge in [0.2, 0.25) is 5.91 Å². The number of fused-ring (bicyclic) bond motifs is 1. The zero-order valence-corrected chi connectivity index (χ0v) is 15.8. The van der Waals surface area contributed by atoms with Gasteiger partial charge in [0.25, 0.3) is 0 Å². The van der Waals surface area contributed by atoms with Crippen LogP contribution in [0.15, 0.2) is 12.1 Å². The summed E-state index contributed by atoms with van der Waals surface area (Å²) >= 11 is 0. The summed E-state index contributed by atoms with van der Waals surface area (Å²) in [6.45, 7) is 11.1. The Morgan fingerprint density at radius 1 is 1.40 bits per heavy atom. The number of rotatable bonds is 5. The lowest BCUT2D eigenvalue weighted by Gasteiger charge is -2.37. The Hall–Kier alpha value is -1.75. The quantitative estimate of drug-likeness (QED) is 0.891. The van der Waals surface area contributed by atoms with Crippen LogP contribution in [0.25, 0.3) is 0 Å². The molecule has 1 aromatic carbocycles. The molecule has 5 heteroatoms. The zero-order chi connectivity index (χ0) is 18.0. The van der Waals surface area contributed by atoms with Gasteiger partial charge in [-0.1, -0.05) is 6.92 Å². The van der Waals surface area contributed by atoms with Crippen molar-refractivity contribution in [3.05, 3.63) is 23.3 Å². The van der Waals surface area contributed by atoms with E-state index < -0.39 is 0 Å². The van der Waals surface area contributed by atoms with Crippen LogP contribution < -0.4 is 14.8 Å². The first-order valence-electron chi connectivity index (χ1n) is 9.42. The molecule has 0 radical (unpaired) electrons. The number of benzene rings is 1. The van der Waals surface area contributed by atoms with Gasteiger partial charge in [0, 0.05) is 50.1 Å². The van der Waals surface area contributed by atoms with Crippen molar-refractivity contribution in [2.24, 2.45) is 5.92 Å². The van der Waals surface area contributed by atoms with Gasteiger partial charge in [0.05, 0.1) is 6.61 Å². The van der Waals surface area contributed by atoms with Crippen LogP contribution in [0.1, 0.15) is 45.2 Å². The zero-order valence-electron chi connectivity index (χ0n) is 15.8. The average molecular weight is 346 g/mol. The highest BCUT2D eigenvalue weighted by Crippen LogP contribution is 2.36. The van der Waals surface area contributed by atoms with Crippen LogP contribution in [-0.2, 0) is 17.8 Å². The summed E-state index contributed by atoms with van der Waals surface area (Å²) in [5, 5.41) is 3.69. The molecule has 3 atom stereocenters. The summed E-state index contributed by atoms with van der Waals surface area (Å²) in [5.74, 6) is 2.57. The molecule has 0 bridgehead atoms. The third-order valence-electron chi connectivity index (χ3n) is 5.26. The predicted octanol–water partition coefficient (Wildman–Crippen LogP) is 2.76. The number of likely N-dealkylation sites (tertiary alicyclic amines) is 1. The molecule has 2 aliphatic rings. The van der Waals surface area contributed by atoms with E-state index in [1.165, 1.54) is 11.1 Å². The second kappa shape index (κ2) is 7.65. The summed E-state index contributed by atoms with van der Waals surface area (Å²) in [6.07, 6.45) is 2.16. The first-order valence-corrected chi connectivity index (χ1v) is 9.42. The number of amides is 1. The van der Waals surface area contributed by atoms with Gasteiger partial charge in [0.1, 0.15) is 17.6 Å². The van der Waals surface area contributed by atoms with Crippen molar-refractivity contribution in [3.8, 4) is 11.5 Å². The Balaban J connectivity index is 1.68. The van der Waals surface area contributed by atoms with Crippen LogP contribution in [0.5, 0.6) is 11.5 Å². The number of nitrogens with one attached hydrogen (secondary N) is 1. The van der Waals surface area contributed by atoms with Gasteiger partial charge < -0.3 is 19.7 Å². The van der Waals surface area contributed by atoms with E-state index >= 15 is 0 Å². The van der Waals surface area contributed by atoms with Crippen LogP contribution in [0.4, 0.5) is 0 Å². The van der Waals surface area contributed by atoms with Gasteiger partial charge in [0.15, 0.2) is 0 Å². The van der Waals surface area contributed by atoms with E-state index in [9.17, 15) is 4.79 Å². The molecule has 1 amide bonds. The maximum absolute atomic E-state index is 11.6. The van der Waals surface area contributed by atoms with Gasteiger partial charge in [-0.05, 0) is 38.3 Å². The second-order valence-corrected chi connectivity index (χ2v) is 7.35. The molecule has 0 aromatic heterocycles. The van der Waals surface area contributed by atoms with E-state index in [1.807, 2.05) is 11.8 Å². The van der Waals surface area contributed by atoms with E-state index in [0.717, 1.165) is 44.0 Å². The summed E-state index contributed by atoms with van der Waals surface area (Å²) < 4.78 is 11.8. The Morgan fingerprint density at radius 2 is 2.20 bits per heavy atom. The van der Waals surface area contributed by atoms with E-state index in [-0.39, 0.29) is 12.0 Å². The Bertz CT molecular complexity index is 632. The monoisotopic (exact) mass is 346 g/mol. The number of nitrogens with zero attached hydrogens (tertiary/aromatic N) is 1. The fourth-order valence-corrected chi connectivity index (χ4v) is 3.94. The Labute approximate surface area is 150 Å². The molecule has 0 aliphatic carbocycles. The maximum atomic E-state index is 11.6. The Morgan fingerprint density at radius 3 is 2.88 bits per heavy atom. The lowest BCUT2D eigenvalue weighted by molar-refractivity contribution is -0.130. The third-order valence-corrected chi connectivity index (χ3v) is 5.26. The molecule has 0 saturated carbocycles. The van der Waals surface area contributed by atoms with Crippen molar-refractivity contribution in [1.82, 2.24) is 10.2 Å². The molecular formula is C20H30N2O3. The minimum Gasteiger partial charge on any atom is -0.494 e. The van der Waals surface area contributed by atoms with Crippen molar-refractivity contribution in [1.29, 1.82) is 0 Å². The van der Waals surface area contributed by atoms with E-state index in [2.05, 4.69) is 31.3 Å². The van der Waals surface area contributed by atoms with Crippen LogP contribution >= 0.6 is 0 Å². The molecule has 3 rings (SSSR count). The minimum atomic E-state index is 0.176. The average Bonchev–Trinajstić information content (AvgIpc) is 2.94. The molecule has 1 aromatic rings. The van der Waals surface area contributed by atoms with Crippen LogP contribution in [0, 0.1) is 5.92 Å². The van der Waals surface area contributed by atoms with Crippen molar-refractivity contribution >= 4 is 5.91 Å². The summed E-state index contributed by atoms with van der Waals surface area (Å²) in [5.41, 5.74) is 2.42. The number of piperidine rings is 1. The molecule has 2 heterocycles. The molecule has 25 heavy (non-hydrogen) atoms. The number of hydrogen-bond donors (Lipinski definition) is 1. The second-order valence-electron chi connectivity index (χ2n) is 7.35. The van der Waals surface area contributed by atoms with Crippen molar-refractivity contribution < 1.29 is 14.3 Å². The fourth-order valence-electron chi connectivity index (χ4n) is 3.94. The first-order chi connectivity index (χ1) is 12.0. The van der Waals surface area contributed by atoms with Gasteiger partial charge >= 0.3 is 0 Å². The van der Waals surface area contributed by atoms with E-state index in [0.29, 0.717) is 18.6 Å². The van der Waals surface area contributed by atoms with Gasteiger partial charge in [-0.2, -0.15) is 0 Å². The molecule has 0 unspecified atom stereocenters. The number of carbonyl (C=O) groups excluding carboxylic acids is 1. The number of carbonyl (C=O) groups is 1. The van der Waals surface area contributed by atoms with Gasteiger partial charge in [-0.3, -0.25) is 4.79 Å². The molecular weight excluding hydrogens is 316 g/mol. The molecule has 1 saturated heterocycles. The lowest BCUT2D eigenvalue weighted by Crippen LogP contribution is -2.49. The molecule has 1 N–H and O–H groups in total. The highest BCUT2D eigenvalue weighted by atomic mass is 16.5. The number of ether oxygens (including phenoxy) is 2. The predicted molar refractivity (Wildman–Crippen MR) is 98.1 cm³/mol. The summed E-state index contributed by atoms with van der Waals surface area (Å²) in [4.78, 5) is 13.5. The SMILES string of the molecule is CCOc1cc(CN[C@@H]2CCN(C(C)=O)C[C@@H]2C)c2c(c1)C[C@H](C)O2. The minimum absolute atomic E-state index is 0.176. The first kappa shape index (κ1) is 18.1. The third kappa shape index (κ3) is 4.09. The summed E-state index contributed by atoms with van der Waals surface area (Å²) in [7, 11) is 0.